The van der Waals surface area contributed by atoms with Crippen LogP contribution in [0.4, 0.5) is 0 Å². The van der Waals surface area contributed by atoms with Gasteiger partial charge in [-0.1, -0.05) is 85.3 Å². The van der Waals surface area contributed by atoms with Gasteiger partial charge in [0.1, 0.15) is 0 Å². The molecule has 4 aromatic rings. The second-order valence-electron chi connectivity index (χ2n) is 8.64. The number of nitrogens with one attached hydrogen (secondary N) is 1. The molecule has 1 aliphatic carbocycles. The molecule has 34 heavy (non-hydrogen) atoms. The fraction of sp³-hybridized carbons (Fsp3) is 0.133. The summed E-state index contributed by atoms with van der Waals surface area (Å²) in [6, 6.07) is 27.5. The summed E-state index contributed by atoms with van der Waals surface area (Å²) in [7, 11) is 0. The summed E-state index contributed by atoms with van der Waals surface area (Å²) < 4.78 is 0. The molecule has 168 valence electrons. The summed E-state index contributed by atoms with van der Waals surface area (Å²) in [6.07, 6.45) is 10.2. The summed E-state index contributed by atoms with van der Waals surface area (Å²) in [6.45, 7) is 0. The monoisotopic (exact) mass is 446 g/mol. The van der Waals surface area contributed by atoms with Crippen molar-refractivity contribution in [3.8, 4) is 11.1 Å². The number of rotatable bonds is 7. The Morgan fingerprint density at radius 1 is 0.853 bits per heavy atom. The van der Waals surface area contributed by atoms with E-state index in [2.05, 4.69) is 76.9 Å². The van der Waals surface area contributed by atoms with Crippen molar-refractivity contribution in [2.75, 3.05) is 0 Å². The van der Waals surface area contributed by atoms with Crippen LogP contribution < -0.4 is 0 Å². The molecule has 0 bridgehead atoms. The van der Waals surface area contributed by atoms with Crippen LogP contribution in [0.1, 0.15) is 41.5 Å². The second kappa shape index (κ2) is 9.75. The standard InChI is InChI=1S/C30H26N2O2/c33-28(34)18-11-21-9-12-25(13-10-21)30(26-16-14-22(15-17-26)27-19-31-32-20-27)29(24-7-4-8-24)23-5-2-1-3-6-23/h1-3,5-6,9-20,24H,4,7-8H2,(H,31,32)(H,33,34)/b18-11+,30-29-. The molecule has 0 saturated heterocycles. The van der Waals surface area contributed by atoms with Gasteiger partial charge in [-0.2, -0.15) is 5.10 Å². The minimum Gasteiger partial charge on any atom is -0.478 e. The summed E-state index contributed by atoms with van der Waals surface area (Å²) in [5, 5.41) is 15.9. The molecule has 2 N–H and O–H groups in total. The van der Waals surface area contributed by atoms with Crippen LogP contribution in [0.25, 0.3) is 28.3 Å². The van der Waals surface area contributed by atoms with Crippen LogP contribution >= 0.6 is 0 Å². The van der Waals surface area contributed by atoms with E-state index in [4.69, 9.17) is 5.11 Å². The molecular formula is C30H26N2O2. The van der Waals surface area contributed by atoms with Crippen LogP contribution in [0.15, 0.2) is 97.3 Å². The number of allylic oxidation sites excluding steroid dienone is 1. The minimum absolute atomic E-state index is 0.525. The van der Waals surface area contributed by atoms with E-state index in [1.54, 1.807) is 6.08 Å². The highest BCUT2D eigenvalue weighted by molar-refractivity contribution is 6.00. The predicted octanol–water partition coefficient (Wildman–Crippen LogP) is 6.93. The quantitative estimate of drug-likeness (QED) is 0.239. The molecule has 4 heteroatoms. The van der Waals surface area contributed by atoms with Crippen LogP contribution in [-0.4, -0.2) is 21.3 Å². The summed E-state index contributed by atoms with van der Waals surface area (Å²) >= 11 is 0. The first-order valence-corrected chi connectivity index (χ1v) is 11.6. The highest BCUT2D eigenvalue weighted by atomic mass is 16.4. The third-order valence-corrected chi connectivity index (χ3v) is 6.49. The predicted molar refractivity (Wildman–Crippen MR) is 137 cm³/mol. The molecule has 0 amide bonds. The highest BCUT2D eigenvalue weighted by Gasteiger charge is 2.27. The van der Waals surface area contributed by atoms with Crippen molar-refractivity contribution >= 4 is 23.2 Å². The van der Waals surface area contributed by atoms with Gasteiger partial charge in [0.05, 0.1) is 6.20 Å². The van der Waals surface area contributed by atoms with Crippen LogP contribution in [0.3, 0.4) is 0 Å². The number of nitrogens with zero attached hydrogens (tertiary/aromatic N) is 1. The zero-order valence-electron chi connectivity index (χ0n) is 18.8. The molecule has 4 nitrogen and oxygen atoms in total. The van der Waals surface area contributed by atoms with Gasteiger partial charge >= 0.3 is 5.97 Å². The molecule has 1 heterocycles. The van der Waals surface area contributed by atoms with Gasteiger partial charge in [-0.3, -0.25) is 5.10 Å². The van der Waals surface area contributed by atoms with Gasteiger partial charge in [0.15, 0.2) is 0 Å². The smallest absolute Gasteiger partial charge is 0.328 e. The highest BCUT2D eigenvalue weighted by Crippen LogP contribution is 2.45. The van der Waals surface area contributed by atoms with Crippen LogP contribution in [0, 0.1) is 5.92 Å². The maximum atomic E-state index is 10.9. The lowest BCUT2D eigenvalue weighted by Gasteiger charge is -2.31. The number of H-pyrrole nitrogens is 1. The SMILES string of the molecule is O=C(O)/C=C/c1ccc(/C(=C(\c2ccccc2)C2CCC2)c2ccc(-c3cn[nH]c3)cc2)cc1. The van der Waals surface area contributed by atoms with Crippen LogP contribution in [-0.2, 0) is 4.79 Å². The van der Waals surface area contributed by atoms with Crippen molar-refractivity contribution in [3.63, 3.8) is 0 Å². The minimum atomic E-state index is -0.946. The Hall–Kier alpha value is -4.18. The van der Waals surface area contributed by atoms with E-state index in [1.807, 2.05) is 24.5 Å². The Morgan fingerprint density at radius 2 is 1.53 bits per heavy atom. The number of aromatic amines is 1. The molecule has 0 atom stereocenters. The molecule has 1 aromatic heterocycles. The molecular weight excluding hydrogens is 420 g/mol. The Kier molecular flexibility index (Phi) is 6.21. The Bertz CT molecular complexity index is 1310. The number of hydrogen-bond donors (Lipinski definition) is 2. The van der Waals surface area contributed by atoms with E-state index in [-0.39, 0.29) is 0 Å². The van der Waals surface area contributed by atoms with E-state index in [9.17, 15) is 4.79 Å². The van der Waals surface area contributed by atoms with E-state index < -0.39 is 5.97 Å². The molecule has 0 unspecified atom stereocenters. The fourth-order valence-electron chi connectivity index (χ4n) is 4.54. The van der Waals surface area contributed by atoms with E-state index in [1.165, 1.54) is 47.6 Å². The zero-order chi connectivity index (χ0) is 23.3. The zero-order valence-corrected chi connectivity index (χ0v) is 18.8. The summed E-state index contributed by atoms with van der Waals surface area (Å²) in [5.74, 6) is -0.420. The average molecular weight is 447 g/mol. The number of carbonyl (C=O) groups is 1. The molecule has 0 spiro atoms. The average Bonchev–Trinajstić information content (AvgIpc) is 3.38. The van der Waals surface area contributed by atoms with E-state index in [0.717, 1.165) is 22.3 Å². The van der Waals surface area contributed by atoms with Gasteiger partial charge < -0.3 is 5.11 Å². The van der Waals surface area contributed by atoms with Crippen molar-refractivity contribution in [2.24, 2.45) is 5.92 Å². The number of benzene rings is 3. The van der Waals surface area contributed by atoms with Crippen molar-refractivity contribution < 1.29 is 9.90 Å². The molecule has 1 aliphatic rings. The lowest BCUT2D eigenvalue weighted by Crippen LogP contribution is -2.15. The van der Waals surface area contributed by atoms with E-state index in [0.29, 0.717) is 5.92 Å². The largest absolute Gasteiger partial charge is 0.478 e. The van der Waals surface area contributed by atoms with Gasteiger partial charge in [0.2, 0.25) is 0 Å². The fourth-order valence-corrected chi connectivity index (χ4v) is 4.54. The third-order valence-electron chi connectivity index (χ3n) is 6.49. The van der Waals surface area contributed by atoms with Gasteiger partial charge in [-0.25, -0.2) is 4.79 Å². The molecule has 0 aliphatic heterocycles. The van der Waals surface area contributed by atoms with Crippen molar-refractivity contribution in [3.05, 3.63) is 120 Å². The molecule has 5 rings (SSSR count). The number of carboxylic acid groups (broad SMARTS) is 1. The lowest BCUT2D eigenvalue weighted by molar-refractivity contribution is -0.131. The number of carboxylic acids is 1. The number of aliphatic carboxylic acids is 1. The number of hydrogen-bond acceptors (Lipinski definition) is 2. The number of aromatic nitrogens is 2. The molecule has 1 saturated carbocycles. The van der Waals surface area contributed by atoms with Crippen molar-refractivity contribution in [2.45, 2.75) is 19.3 Å². The Morgan fingerprint density at radius 3 is 2.09 bits per heavy atom. The Labute approximate surface area is 199 Å². The van der Waals surface area contributed by atoms with Gasteiger partial charge in [0.25, 0.3) is 0 Å². The van der Waals surface area contributed by atoms with Crippen molar-refractivity contribution in [1.82, 2.24) is 10.2 Å². The van der Waals surface area contributed by atoms with E-state index >= 15 is 0 Å². The summed E-state index contributed by atoms with van der Waals surface area (Å²) in [5.41, 5.74) is 9.24. The molecule has 3 aromatic carbocycles. The van der Waals surface area contributed by atoms with Gasteiger partial charge in [-0.05, 0) is 63.8 Å². The maximum absolute atomic E-state index is 10.9. The first kappa shape index (κ1) is 21.7. The van der Waals surface area contributed by atoms with Crippen LogP contribution in [0.2, 0.25) is 0 Å². The lowest BCUT2D eigenvalue weighted by atomic mass is 9.73. The van der Waals surface area contributed by atoms with Gasteiger partial charge in [-0.15, -0.1) is 0 Å². The maximum Gasteiger partial charge on any atom is 0.328 e. The first-order chi connectivity index (χ1) is 16.7. The molecule has 1 fully saturated rings. The topological polar surface area (TPSA) is 66.0 Å². The third kappa shape index (κ3) is 4.62. The van der Waals surface area contributed by atoms with Gasteiger partial charge in [0, 0.05) is 17.8 Å². The summed E-state index contributed by atoms with van der Waals surface area (Å²) in [4.78, 5) is 10.9. The first-order valence-electron chi connectivity index (χ1n) is 11.6. The normalized spacial score (nSPS) is 14.6. The molecule has 0 radical (unpaired) electrons. The van der Waals surface area contributed by atoms with Crippen LogP contribution in [0.5, 0.6) is 0 Å². The second-order valence-corrected chi connectivity index (χ2v) is 8.64. The van der Waals surface area contributed by atoms with Crippen molar-refractivity contribution in [1.29, 1.82) is 0 Å². The Balaban J connectivity index is 1.65.